The van der Waals surface area contributed by atoms with Gasteiger partial charge in [0, 0.05) is 48.1 Å². The number of nitrogens with two attached hydrogens (primary N) is 1. The van der Waals surface area contributed by atoms with Crippen LogP contribution in [0, 0.1) is 5.92 Å². The van der Waals surface area contributed by atoms with E-state index < -0.39 is 23.8 Å². The number of aliphatic hydroxyl groups excluding tert-OH is 1. The quantitative estimate of drug-likeness (QED) is 0.118. The third-order valence-corrected chi connectivity index (χ3v) is 9.01. The first kappa shape index (κ1) is 38.6. The van der Waals surface area contributed by atoms with E-state index in [2.05, 4.69) is 20.9 Å². The van der Waals surface area contributed by atoms with Crippen molar-refractivity contribution in [2.75, 3.05) is 48.4 Å². The predicted molar refractivity (Wildman–Crippen MR) is 198 cm³/mol. The zero-order valence-electron chi connectivity index (χ0n) is 29.6. The highest BCUT2D eigenvalue weighted by Gasteiger charge is 2.32. The molecule has 0 aromatic heterocycles. The van der Waals surface area contributed by atoms with Crippen LogP contribution in [-0.2, 0) is 23.9 Å². The molecule has 0 fully saturated rings. The fourth-order valence-corrected chi connectivity index (χ4v) is 6.01. The maximum Gasteiger partial charge on any atom is 0.416 e. The van der Waals surface area contributed by atoms with Gasteiger partial charge in [0.05, 0.1) is 36.0 Å². The fraction of sp³-hybridized carbons (Fsp3) is 0.308. The van der Waals surface area contributed by atoms with Crippen LogP contribution in [0.4, 0.5) is 40.7 Å². The van der Waals surface area contributed by atoms with E-state index in [0.29, 0.717) is 53.6 Å². The van der Waals surface area contributed by atoms with Gasteiger partial charge >= 0.3 is 12.2 Å². The SMILES string of the molecule is C[C@@H]1CN([C@H](C)CO)C(=O)Cc2cc(NC(=O)Nc3ccc(C(F)(F)F)cc3)ccc2O[C@@H]1CN(C)Cc1ccc(C(=O)Nc2ccccc2N)cc1. The molecule has 0 bridgehead atoms. The monoisotopic (exact) mass is 732 g/mol. The lowest BCUT2D eigenvalue weighted by molar-refractivity contribution is -0.137. The number of hydrogen-bond donors (Lipinski definition) is 5. The first-order chi connectivity index (χ1) is 25.2. The molecule has 0 aliphatic carbocycles. The number of likely N-dealkylation sites (N-methyl/N-ethyl adjacent to an activating group) is 1. The van der Waals surface area contributed by atoms with E-state index in [0.717, 1.165) is 29.8 Å². The zero-order chi connectivity index (χ0) is 38.3. The fourth-order valence-electron chi connectivity index (χ4n) is 6.01. The van der Waals surface area contributed by atoms with Crippen molar-refractivity contribution in [2.24, 2.45) is 5.92 Å². The van der Waals surface area contributed by atoms with Crippen LogP contribution in [-0.4, -0.2) is 71.6 Å². The Morgan fingerprint density at radius 1 is 0.981 bits per heavy atom. The summed E-state index contributed by atoms with van der Waals surface area (Å²) in [5.41, 5.74) is 8.62. The van der Waals surface area contributed by atoms with Gasteiger partial charge in [-0.3, -0.25) is 14.5 Å². The second-order valence-electron chi connectivity index (χ2n) is 13.3. The molecule has 280 valence electrons. The van der Waals surface area contributed by atoms with E-state index in [1.807, 2.05) is 26.1 Å². The maximum atomic E-state index is 13.6. The number of nitrogen functional groups attached to an aromatic ring is 1. The highest BCUT2D eigenvalue weighted by atomic mass is 19.4. The summed E-state index contributed by atoms with van der Waals surface area (Å²) >= 11 is 0. The van der Waals surface area contributed by atoms with Gasteiger partial charge in [0.2, 0.25) is 5.91 Å². The molecule has 0 saturated heterocycles. The number of nitrogens with one attached hydrogen (secondary N) is 3. The molecule has 4 amide bonds. The minimum atomic E-state index is -4.50. The lowest BCUT2D eigenvalue weighted by Gasteiger charge is -2.34. The van der Waals surface area contributed by atoms with Crippen molar-refractivity contribution in [3.63, 3.8) is 0 Å². The van der Waals surface area contributed by atoms with Crippen LogP contribution in [0.3, 0.4) is 0 Å². The third-order valence-electron chi connectivity index (χ3n) is 9.01. The van der Waals surface area contributed by atoms with Crippen LogP contribution < -0.4 is 26.4 Å². The van der Waals surface area contributed by atoms with E-state index in [-0.39, 0.29) is 42.6 Å². The molecule has 1 aliphatic heterocycles. The minimum Gasteiger partial charge on any atom is -0.488 e. The van der Waals surface area contributed by atoms with Gasteiger partial charge in [0.25, 0.3) is 5.91 Å². The number of ether oxygens (including phenoxy) is 1. The van der Waals surface area contributed by atoms with Crippen LogP contribution in [0.1, 0.15) is 40.9 Å². The summed E-state index contributed by atoms with van der Waals surface area (Å²) in [7, 11) is 1.95. The number of rotatable bonds is 10. The number of carbonyl (C=O) groups excluding carboxylic acids is 3. The van der Waals surface area contributed by atoms with Crippen LogP contribution >= 0.6 is 0 Å². The number of para-hydroxylation sites is 2. The smallest absolute Gasteiger partial charge is 0.416 e. The molecule has 53 heavy (non-hydrogen) atoms. The minimum absolute atomic E-state index is 0.0538. The Bertz CT molecular complexity index is 1910. The van der Waals surface area contributed by atoms with Gasteiger partial charge in [-0.25, -0.2) is 4.79 Å². The van der Waals surface area contributed by atoms with Gasteiger partial charge in [-0.15, -0.1) is 0 Å². The maximum absolute atomic E-state index is 13.6. The van der Waals surface area contributed by atoms with Crippen LogP contribution in [0.5, 0.6) is 5.75 Å². The number of urea groups is 1. The largest absolute Gasteiger partial charge is 0.488 e. The molecular formula is C39H43F3N6O5. The lowest BCUT2D eigenvalue weighted by Crippen LogP contribution is -2.47. The van der Waals surface area contributed by atoms with E-state index in [4.69, 9.17) is 10.5 Å². The molecule has 0 unspecified atom stereocenters. The van der Waals surface area contributed by atoms with Gasteiger partial charge in [-0.2, -0.15) is 13.2 Å². The third kappa shape index (κ3) is 10.3. The van der Waals surface area contributed by atoms with Gasteiger partial charge in [-0.05, 0) is 86.3 Å². The number of anilines is 4. The molecule has 0 radical (unpaired) electrons. The zero-order valence-corrected chi connectivity index (χ0v) is 29.6. The molecule has 14 heteroatoms. The van der Waals surface area contributed by atoms with Crippen molar-refractivity contribution in [3.8, 4) is 5.75 Å². The van der Waals surface area contributed by atoms with Gasteiger partial charge in [-0.1, -0.05) is 31.2 Å². The number of aliphatic hydroxyl groups is 1. The van der Waals surface area contributed by atoms with Crippen LogP contribution in [0.2, 0.25) is 0 Å². The average Bonchev–Trinajstić information content (AvgIpc) is 3.16. The number of fused-ring (bicyclic) bond motifs is 1. The Hall–Kier alpha value is -5.60. The molecule has 3 atom stereocenters. The molecule has 5 rings (SSSR count). The first-order valence-corrected chi connectivity index (χ1v) is 17.1. The van der Waals surface area contributed by atoms with Crippen molar-refractivity contribution in [1.82, 2.24) is 9.80 Å². The lowest BCUT2D eigenvalue weighted by atomic mass is 10.0. The number of halogens is 3. The molecule has 0 spiro atoms. The summed E-state index contributed by atoms with van der Waals surface area (Å²) in [6.07, 6.45) is -4.94. The average molecular weight is 733 g/mol. The van der Waals surface area contributed by atoms with Gasteiger partial charge in [0.15, 0.2) is 0 Å². The summed E-state index contributed by atoms with van der Waals surface area (Å²) in [6, 6.07) is 22.2. The summed E-state index contributed by atoms with van der Waals surface area (Å²) in [5.74, 6) is -0.179. The van der Waals surface area contributed by atoms with Crippen molar-refractivity contribution in [3.05, 3.63) is 113 Å². The van der Waals surface area contributed by atoms with E-state index in [1.165, 1.54) is 0 Å². The van der Waals surface area contributed by atoms with E-state index >= 15 is 0 Å². The van der Waals surface area contributed by atoms with Gasteiger partial charge < -0.3 is 36.4 Å². The second-order valence-corrected chi connectivity index (χ2v) is 13.3. The Morgan fingerprint density at radius 3 is 2.30 bits per heavy atom. The van der Waals surface area contributed by atoms with Crippen molar-refractivity contribution >= 4 is 40.6 Å². The number of benzene rings is 4. The van der Waals surface area contributed by atoms with Crippen molar-refractivity contribution < 1.29 is 37.4 Å². The van der Waals surface area contributed by atoms with E-state index in [1.54, 1.807) is 66.4 Å². The van der Waals surface area contributed by atoms with E-state index in [9.17, 15) is 32.7 Å². The molecule has 1 aliphatic rings. The topological polar surface area (TPSA) is 149 Å². The second kappa shape index (κ2) is 16.8. The molecule has 11 nitrogen and oxygen atoms in total. The molecule has 6 N–H and O–H groups in total. The Balaban J connectivity index is 1.28. The molecule has 4 aromatic carbocycles. The normalized spacial score (nSPS) is 16.8. The molecular weight excluding hydrogens is 689 g/mol. The first-order valence-electron chi connectivity index (χ1n) is 17.1. The highest BCUT2D eigenvalue weighted by Crippen LogP contribution is 2.31. The predicted octanol–water partition coefficient (Wildman–Crippen LogP) is 6.46. The Morgan fingerprint density at radius 2 is 1.64 bits per heavy atom. The summed E-state index contributed by atoms with van der Waals surface area (Å²) in [4.78, 5) is 42.9. The number of amides is 4. The highest BCUT2D eigenvalue weighted by molar-refractivity contribution is 6.05. The van der Waals surface area contributed by atoms with Gasteiger partial charge in [0.1, 0.15) is 11.9 Å². The number of nitrogens with zero attached hydrogens (tertiary/aromatic N) is 2. The molecule has 1 heterocycles. The number of carbonyl (C=O) groups is 3. The molecule has 0 saturated carbocycles. The van der Waals surface area contributed by atoms with Crippen LogP contribution in [0.25, 0.3) is 0 Å². The number of alkyl halides is 3. The summed E-state index contributed by atoms with van der Waals surface area (Å²) < 4.78 is 45.4. The van der Waals surface area contributed by atoms with Crippen molar-refractivity contribution in [2.45, 2.75) is 45.1 Å². The molecule has 4 aromatic rings. The van der Waals surface area contributed by atoms with Crippen LogP contribution in [0.15, 0.2) is 91.0 Å². The Labute approximate surface area is 305 Å². The summed E-state index contributed by atoms with van der Waals surface area (Å²) in [6.45, 7) is 4.88. The van der Waals surface area contributed by atoms with Crippen molar-refractivity contribution in [1.29, 1.82) is 0 Å². The summed E-state index contributed by atoms with van der Waals surface area (Å²) in [5, 5.41) is 18.0. The Kier molecular flexibility index (Phi) is 12.3. The standard InChI is InChI=1S/C39H43F3N6O5/c1-24-20-48(25(2)23-49)36(50)19-28-18-31(45-38(52)44-30-14-12-29(13-15-30)39(40,41)42)16-17-34(28)53-35(24)22-47(3)21-26-8-10-27(11-9-26)37(51)46-33-7-5-4-6-32(33)43/h4-18,24-25,35,49H,19-23,43H2,1-3H3,(H,46,51)(H2,44,45,52)/t24-,25-,35-/m1/s1. The number of hydrogen-bond acceptors (Lipinski definition) is 7.